The number of benzene rings is 1. The molecule has 1 aliphatic carbocycles. The van der Waals surface area contributed by atoms with Crippen LogP contribution in [0.2, 0.25) is 0 Å². The van der Waals surface area contributed by atoms with E-state index in [9.17, 15) is 14.4 Å². The van der Waals surface area contributed by atoms with Gasteiger partial charge in [0.25, 0.3) is 5.91 Å². The Morgan fingerprint density at radius 2 is 1.74 bits per heavy atom. The van der Waals surface area contributed by atoms with Gasteiger partial charge in [-0.05, 0) is 45.1 Å². The standard InChI is InChI=1S/C23H33N5O3/c1-22(2,3)19(21(31)24-14-11-12-14)25-20(30)18-15-9-7-8-10-16(15)28(27-18)13-17(29)26-23(4,5)6/h7-10,14,19H,11-13H2,1-6H3,(H,24,31)(H,25,30)(H,26,29)/t19-/m1/s1. The molecule has 0 bridgehead atoms. The van der Waals surface area contributed by atoms with Gasteiger partial charge in [0.15, 0.2) is 5.69 Å². The summed E-state index contributed by atoms with van der Waals surface area (Å²) in [6.45, 7) is 11.5. The highest BCUT2D eigenvalue weighted by atomic mass is 16.2. The molecule has 2 aromatic rings. The molecule has 1 fully saturated rings. The van der Waals surface area contributed by atoms with Crippen molar-refractivity contribution in [3.8, 4) is 0 Å². The van der Waals surface area contributed by atoms with Gasteiger partial charge in [0, 0.05) is 17.0 Å². The molecule has 1 heterocycles. The fourth-order valence-corrected chi connectivity index (χ4v) is 3.40. The summed E-state index contributed by atoms with van der Waals surface area (Å²) in [6.07, 6.45) is 1.95. The molecule has 1 aromatic carbocycles. The molecular weight excluding hydrogens is 394 g/mol. The molecule has 8 heteroatoms. The molecule has 3 amide bonds. The van der Waals surface area contributed by atoms with Gasteiger partial charge in [-0.15, -0.1) is 0 Å². The Kier molecular flexibility index (Phi) is 6.11. The molecule has 0 spiro atoms. The number of hydrogen-bond donors (Lipinski definition) is 3. The molecule has 0 saturated heterocycles. The molecule has 3 rings (SSSR count). The number of rotatable bonds is 6. The molecule has 0 unspecified atom stereocenters. The van der Waals surface area contributed by atoms with Crippen molar-refractivity contribution in [2.75, 3.05) is 0 Å². The van der Waals surface area contributed by atoms with Crippen LogP contribution in [0.3, 0.4) is 0 Å². The zero-order valence-corrected chi connectivity index (χ0v) is 19.2. The van der Waals surface area contributed by atoms with Crippen LogP contribution in [0.4, 0.5) is 0 Å². The molecule has 1 aromatic heterocycles. The van der Waals surface area contributed by atoms with Crippen molar-refractivity contribution in [3.05, 3.63) is 30.0 Å². The van der Waals surface area contributed by atoms with E-state index in [1.54, 1.807) is 6.07 Å². The highest BCUT2D eigenvalue weighted by molar-refractivity contribution is 6.06. The van der Waals surface area contributed by atoms with Gasteiger partial charge in [0.05, 0.1) is 5.52 Å². The van der Waals surface area contributed by atoms with Gasteiger partial charge >= 0.3 is 0 Å². The lowest BCUT2D eigenvalue weighted by Gasteiger charge is -2.30. The zero-order chi connectivity index (χ0) is 23.0. The van der Waals surface area contributed by atoms with Crippen molar-refractivity contribution >= 4 is 28.6 Å². The van der Waals surface area contributed by atoms with E-state index in [2.05, 4.69) is 21.0 Å². The summed E-state index contributed by atoms with van der Waals surface area (Å²) in [7, 11) is 0. The minimum atomic E-state index is -0.700. The Labute approximate surface area is 183 Å². The lowest BCUT2D eigenvalue weighted by Crippen LogP contribution is -2.54. The predicted octanol–water partition coefficient (Wildman–Crippen LogP) is 2.37. The smallest absolute Gasteiger partial charge is 0.273 e. The van der Waals surface area contributed by atoms with Crippen molar-refractivity contribution in [2.24, 2.45) is 5.41 Å². The lowest BCUT2D eigenvalue weighted by molar-refractivity contribution is -0.125. The third-order valence-corrected chi connectivity index (χ3v) is 5.01. The number of nitrogens with zero attached hydrogens (tertiary/aromatic N) is 2. The summed E-state index contributed by atoms with van der Waals surface area (Å²) in [5, 5.41) is 13.8. The van der Waals surface area contributed by atoms with E-state index in [-0.39, 0.29) is 35.6 Å². The summed E-state index contributed by atoms with van der Waals surface area (Å²) >= 11 is 0. The Morgan fingerprint density at radius 1 is 1.10 bits per heavy atom. The van der Waals surface area contributed by atoms with E-state index in [0.717, 1.165) is 12.8 Å². The summed E-state index contributed by atoms with van der Waals surface area (Å²) in [5.74, 6) is -0.808. The third kappa shape index (κ3) is 5.83. The second-order valence-corrected chi connectivity index (χ2v) is 10.4. The molecule has 8 nitrogen and oxygen atoms in total. The summed E-state index contributed by atoms with van der Waals surface area (Å²) in [5.41, 5.74) is 0.0494. The van der Waals surface area contributed by atoms with Crippen LogP contribution in [-0.4, -0.2) is 45.1 Å². The number of carbonyl (C=O) groups excluding carboxylic acids is 3. The van der Waals surface area contributed by atoms with Crippen LogP contribution in [0.15, 0.2) is 24.3 Å². The van der Waals surface area contributed by atoms with Crippen molar-refractivity contribution in [2.45, 2.75) is 78.6 Å². The maximum atomic E-state index is 13.2. The second kappa shape index (κ2) is 8.32. The minimum absolute atomic E-state index is 0.00404. The summed E-state index contributed by atoms with van der Waals surface area (Å²) < 4.78 is 1.53. The van der Waals surface area contributed by atoms with Crippen LogP contribution >= 0.6 is 0 Å². The Hall–Kier alpha value is -2.90. The zero-order valence-electron chi connectivity index (χ0n) is 19.2. The number of aromatic nitrogens is 2. The second-order valence-electron chi connectivity index (χ2n) is 10.4. The van der Waals surface area contributed by atoms with Gasteiger partial charge in [0.2, 0.25) is 11.8 Å². The average molecular weight is 428 g/mol. The highest BCUT2D eigenvalue weighted by Gasteiger charge is 2.36. The number of fused-ring (bicyclic) bond motifs is 1. The first-order valence-electron chi connectivity index (χ1n) is 10.7. The average Bonchev–Trinajstić information content (AvgIpc) is 3.37. The quantitative estimate of drug-likeness (QED) is 0.658. The third-order valence-electron chi connectivity index (χ3n) is 5.01. The van der Waals surface area contributed by atoms with E-state index >= 15 is 0 Å². The highest BCUT2D eigenvalue weighted by Crippen LogP contribution is 2.24. The fourth-order valence-electron chi connectivity index (χ4n) is 3.40. The van der Waals surface area contributed by atoms with Crippen LogP contribution in [0.1, 0.15) is 64.9 Å². The van der Waals surface area contributed by atoms with Gasteiger partial charge in [-0.1, -0.05) is 39.0 Å². The van der Waals surface area contributed by atoms with E-state index in [4.69, 9.17) is 0 Å². The van der Waals surface area contributed by atoms with Gasteiger partial charge in [0.1, 0.15) is 12.6 Å². The van der Waals surface area contributed by atoms with E-state index in [1.165, 1.54) is 4.68 Å². The molecule has 0 radical (unpaired) electrons. The number of carbonyl (C=O) groups is 3. The maximum absolute atomic E-state index is 13.2. The Bertz CT molecular complexity index is 993. The fraction of sp³-hybridized carbons (Fsp3) is 0.565. The molecule has 1 saturated carbocycles. The molecule has 31 heavy (non-hydrogen) atoms. The molecular formula is C23H33N5O3. The van der Waals surface area contributed by atoms with Gasteiger partial charge in [-0.3, -0.25) is 19.1 Å². The van der Waals surface area contributed by atoms with Crippen molar-refractivity contribution in [3.63, 3.8) is 0 Å². The van der Waals surface area contributed by atoms with Gasteiger partial charge in [-0.2, -0.15) is 5.10 Å². The monoisotopic (exact) mass is 427 g/mol. The summed E-state index contributed by atoms with van der Waals surface area (Å²) in [4.78, 5) is 38.4. The van der Waals surface area contributed by atoms with E-state index in [1.807, 2.05) is 59.7 Å². The van der Waals surface area contributed by atoms with E-state index < -0.39 is 17.4 Å². The normalized spacial score (nSPS) is 15.4. The van der Waals surface area contributed by atoms with Crippen LogP contribution in [0.5, 0.6) is 0 Å². The van der Waals surface area contributed by atoms with Crippen molar-refractivity contribution in [1.82, 2.24) is 25.7 Å². The van der Waals surface area contributed by atoms with Crippen LogP contribution in [-0.2, 0) is 16.1 Å². The molecule has 168 valence electrons. The first kappa shape index (κ1) is 22.8. The largest absolute Gasteiger partial charge is 0.352 e. The Balaban J connectivity index is 1.86. The van der Waals surface area contributed by atoms with Crippen LogP contribution < -0.4 is 16.0 Å². The SMILES string of the molecule is CC(C)(C)NC(=O)Cn1nc(C(=O)N[C@H](C(=O)NC2CC2)C(C)(C)C)c2ccccc21. The lowest BCUT2D eigenvalue weighted by atomic mass is 9.86. The molecule has 1 aliphatic rings. The Morgan fingerprint density at radius 3 is 2.32 bits per heavy atom. The number of amides is 3. The molecule has 3 N–H and O–H groups in total. The first-order valence-corrected chi connectivity index (χ1v) is 10.7. The predicted molar refractivity (Wildman–Crippen MR) is 120 cm³/mol. The molecule has 1 atom stereocenters. The van der Waals surface area contributed by atoms with Crippen LogP contribution in [0, 0.1) is 5.41 Å². The number of para-hydroxylation sites is 1. The summed E-state index contributed by atoms with van der Waals surface area (Å²) in [6, 6.07) is 6.78. The van der Waals surface area contributed by atoms with Crippen molar-refractivity contribution in [1.29, 1.82) is 0 Å². The molecule has 0 aliphatic heterocycles. The maximum Gasteiger partial charge on any atom is 0.273 e. The minimum Gasteiger partial charge on any atom is -0.352 e. The number of nitrogens with one attached hydrogen (secondary N) is 3. The van der Waals surface area contributed by atoms with Crippen LogP contribution in [0.25, 0.3) is 10.9 Å². The van der Waals surface area contributed by atoms with Gasteiger partial charge < -0.3 is 16.0 Å². The van der Waals surface area contributed by atoms with E-state index in [0.29, 0.717) is 10.9 Å². The first-order chi connectivity index (χ1) is 14.3. The number of hydrogen-bond acceptors (Lipinski definition) is 4. The van der Waals surface area contributed by atoms with Crippen molar-refractivity contribution < 1.29 is 14.4 Å². The van der Waals surface area contributed by atoms with Gasteiger partial charge in [-0.25, -0.2) is 0 Å². The topological polar surface area (TPSA) is 105 Å².